The summed E-state index contributed by atoms with van der Waals surface area (Å²) in [5, 5.41) is 10.1. The number of carbonyl (C=O) groups excluding carboxylic acids is 1. The Balaban J connectivity index is 2.81. The molecule has 0 saturated carbocycles. The van der Waals surface area contributed by atoms with E-state index in [2.05, 4.69) is 4.98 Å². The van der Waals surface area contributed by atoms with Gasteiger partial charge in [-0.25, -0.2) is 4.98 Å². The minimum absolute atomic E-state index is 0.327. The highest BCUT2D eigenvalue weighted by atomic mass is 16.5. The Bertz CT molecular complexity index is 349. The summed E-state index contributed by atoms with van der Waals surface area (Å²) in [5.41, 5.74) is 0.625. The summed E-state index contributed by atoms with van der Waals surface area (Å²) in [4.78, 5) is 15.5. The van der Waals surface area contributed by atoms with Crippen molar-refractivity contribution in [2.75, 3.05) is 6.61 Å². The van der Waals surface area contributed by atoms with E-state index in [1.54, 1.807) is 31.1 Å². The van der Waals surface area contributed by atoms with Gasteiger partial charge in [0.2, 0.25) is 0 Å². The van der Waals surface area contributed by atoms with Crippen LogP contribution in [0.25, 0.3) is 0 Å². The molecule has 1 N–H and O–H groups in total. The van der Waals surface area contributed by atoms with Gasteiger partial charge in [0.05, 0.1) is 30.7 Å². The number of rotatable bonds is 5. The number of hydrogen-bond donors (Lipinski definition) is 1. The summed E-state index contributed by atoms with van der Waals surface area (Å²) in [6.45, 7) is 3.93. The zero-order valence-corrected chi connectivity index (χ0v) is 9.88. The molecule has 0 aliphatic rings. The lowest BCUT2D eigenvalue weighted by molar-refractivity contribution is -0.152. The molecule has 5 heteroatoms. The maximum atomic E-state index is 11.6. The van der Waals surface area contributed by atoms with Crippen LogP contribution in [0.4, 0.5) is 0 Å². The molecule has 0 aliphatic carbocycles. The number of carbonyl (C=O) groups is 1. The van der Waals surface area contributed by atoms with Gasteiger partial charge >= 0.3 is 5.97 Å². The molecule has 90 valence electrons. The van der Waals surface area contributed by atoms with Crippen LogP contribution in [0.2, 0.25) is 0 Å². The molecule has 0 fully saturated rings. The summed E-state index contributed by atoms with van der Waals surface area (Å²) >= 11 is 0. The zero-order chi connectivity index (χ0) is 12.1. The second-order valence-electron chi connectivity index (χ2n) is 3.64. The zero-order valence-electron chi connectivity index (χ0n) is 9.88. The number of ether oxygens (including phenoxy) is 1. The third-order valence-corrected chi connectivity index (χ3v) is 2.57. The molecule has 0 spiro atoms. The van der Waals surface area contributed by atoms with Crippen molar-refractivity contribution in [3.63, 3.8) is 0 Å². The molecule has 2 unspecified atom stereocenters. The van der Waals surface area contributed by atoms with Crippen LogP contribution in [-0.4, -0.2) is 27.2 Å². The van der Waals surface area contributed by atoms with E-state index in [4.69, 9.17) is 4.74 Å². The van der Waals surface area contributed by atoms with Gasteiger partial charge in [0, 0.05) is 7.05 Å². The monoisotopic (exact) mass is 226 g/mol. The maximum Gasteiger partial charge on any atom is 0.311 e. The Morgan fingerprint density at radius 1 is 1.62 bits per heavy atom. The van der Waals surface area contributed by atoms with Crippen LogP contribution in [0, 0.1) is 5.92 Å². The summed E-state index contributed by atoms with van der Waals surface area (Å²) < 4.78 is 6.63. The van der Waals surface area contributed by atoms with Crippen LogP contribution in [0.3, 0.4) is 0 Å². The van der Waals surface area contributed by atoms with E-state index in [0.29, 0.717) is 18.7 Å². The first-order chi connectivity index (χ1) is 7.61. The van der Waals surface area contributed by atoms with E-state index in [1.165, 1.54) is 0 Å². The fraction of sp³-hybridized carbons (Fsp3) is 0.636. The molecule has 1 rings (SSSR count). The molecule has 16 heavy (non-hydrogen) atoms. The Morgan fingerprint density at radius 3 is 2.75 bits per heavy atom. The van der Waals surface area contributed by atoms with Crippen molar-refractivity contribution < 1.29 is 14.6 Å². The first-order valence-corrected chi connectivity index (χ1v) is 5.42. The molecule has 1 heterocycles. The SMILES string of the molecule is CCOC(=O)C(CC)C(O)c1cncn1C. The van der Waals surface area contributed by atoms with E-state index in [0.717, 1.165) is 0 Å². The number of imidazole rings is 1. The average Bonchev–Trinajstić information content (AvgIpc) is 2.65. The molecular weight excluding hydrogens is 208 g/mol. The third-order valence-electron chi connectivity index (χ3n) is 2.57. The molecule has 0 aromatic carbocycles. The van der Waals surface area contributed by atoms with Crippen molar-refractivity contribution >= 4 is 5.97 Å². The predicted molar refractivity (Wildman–Crippen MR) is 58.6 cm³/mol. The lowest BCUT2D eigenvalue weighted by Crippen LogP contribution is -2.25. The van der Waals surface area contributed by atoms with E-state index < -0.39 is 12.0 Å². The summed E-state index contributed by atoms with van der Waals surface area (Å²) in [5.74, 6) is -0.894. The summed E-state index contributed by atoms with van der Waals surface area (Å²) in [6.07, 6.45) is 2.82. The quantitative estimate of drug-likeness (QED) is 0.762. The Labute approximate surface area is 95.1 Å². The van der Waals surface area contributed by atoms with Crippen LogP contribution in [0.15, 0.2) is 12.5 Å². The Kier molecular flexibility index (Phi) is 4.49. The number of aliphatic hydroxyl groups is 1. The van der Waals surface area contributed by atoms with Crippen LogP contribution < -0.4 is 0 Å². The lowest BCUT2D eigenvalue weighted by atomic mass is 9.97. The minimum Gasteiger partial charge on any atom is -0.466 e. The molecule has 0 radical (unpaired) electrons. The largest absolute Gasteiger partial charge is 0.466 e. The molecule has 0 aliphatic heterocycles. The second-order valence-corrected chi connectivity index (χ2v) is 3.64. The standard InChI is InChI=1S/C11H18N2O3/c1-4-8(11(15)16-5-2)10(14)9-6-12-7-13(9)3/h6-8,10,14H,4-5H2,1-3H3. The highest BCUT2D eigenvalue weighted by Gasteiger charge is 2.29. The Hall–Kier alpha value is -1.36. The number of nitrogens with zero attached hydrogens (tertiary/aromatic N) is 2. The van der Waals surface area contributed by atoms with Crippen molar-refractivity contribution in [1.82, 2.24) is 9.55 Å². The van der Waals surface area contributed by atoms with Crippen LogP contribution in [-0.2, 0) is 16.6 Å². The van der Waals surface area contributed by atoms with E-state index in [9.17, 15) is 9.90 Å². The topological polar surface area (TPSA) is 64.3 Å². The number of hydrogen-bond acceptors (Lipinski definition) is 4. The average molecular weight is 226 g/mol. The summed E-state index contributed by atoms with van der Waals surface area (Å²) in [6, 6.07) is 0. The second kappa shape index (κ2) is 5.65. The molecule has 5 nitrogen and oxygen atoms in total. The van der Waals surface area contributed by atoms with Gasteiger partial charge in [-0.2, -0.15) is 0 Å². The van der Waals surface area contributed by atoms with Crippen LogP contribution in [0.1, 0.15) is 32.1 Å². The fourth-order valence-electron chi connectivity index (χ4n) is 1.63. The van der Waals surface area contributed by atoms with Crippen molar-refractivity contribution in [2.45, 2.75) is 26.4 Å². The number of aliphatic hydroxyl groups excluding tert-OH is 1. The van der Waals surface area contributed by atoms with Gasteiger partial charge in [0.15, 0.2) is 0 Å². The van der Waals surface area contributed by atoms with Crippen LogP contribution >= 0.6 is 0 Å². The molecule has 0 saturated heterocycles. The van der Waals surface area contributed by atoms with Crippen molar-refractivity contribution in [2.24, 2.45) is 13.0 Å². The van der Waals surface area contributed by atoms with Gasteiger partial charge in [-0.3, -0.25) is 4.79 Å². The van der Waals surface area contributed by atoms with E-state index in [-0.39, 0.29) is 5.97 Å². The molecule has 0 amide bonds. The highest BCUT2D eigenvalue weighted by molar-refractivity contribution is 5.73. The van der Waals surface area contributed by atoms with Gasteiger partial charge in [-0.05, 0) is 13.3 Å². The van der Waals surface area contributed by atoms with Gasteiger partial charge in [0.1, 0.15) is 6.10 Å². The maximum absolute atomic E-state index is 11.6. The normalized spacial score (nSPS) is 14.5. The molecule has 2 atom stereocenters. The third kappa shape index (κ3) is 2.61. The van der Waals surface area contributed by atoms with Crippen molar-refractivity contribution in [1.29, 1.82) is 0 Å². The molecule has 1 aromatic rings. The molecular formula is C11H18N2O3. The summed E-state index contributed by atoms with van der Waals surface area (Å²) in [7, 11) is 1.78. The lowest BCUT2D eigenvalue weighted by Gasteiger charge is -2.20. The van der Waals surface area contributed by atoms with Gasteiger partial charge in [-0.1, -0.05) is 6.92 Å². The van der Waals surface area contributed by atoms with Crippen LogP contribution in [0.5, 0.6) is 0 Å². The molecule has 1 aromatic heterocycles. The number of esters is 1. The van der Waals surface area contributed by atoms with Gasteiger partial charge < -0.3 is 14.4 Å². The molecule has 0 bridgehead atoms. The van der Waals surface area contributed by atoms with Gasteiger partial charge in [-0.15, -0.1) is 0 Å². The first kappa shape index (κ1) is 12.7. The Morgan fingerprint density at radius 2 is 2.31 bits per heavy atom. The van der Waals surface area contributed by atoms with Crippen molar-refractivity contribution in [3.05, 3.63) is 18.2 Å². The van der Waals surface area contributed by atoms with E-state index >= 15 is 0 Å². The minimum atomic E-state index is -0.864. The predicted octanol–water partition coefficient (Wildman–Crippen LogP) is 1.04. The van der Waals surface area contributed by atoms with Crippen molar-refractivity contribution in [3.8, 4) is 0 Å². The highest BCUT2D eigenvalue weighted by Crippen LogP contribution is 2.25. The number of aromatic nitrogens is 2. The fourth-order valence-corrected chi connectivity index (χ4v) is 1.63. The number of aryl methyl sites for hydroxylation is 1. The van der Waals surface area contributed by atoms with Gasteiger partial charge in [0.25, 0.3) is 0 Å². The van der Waals surface area contributed by atoms with E-state index in [1.807, 2.05) is 6.92 Å². The first-order valence-electron chi connectivity index (χ1n) is 5.42. The smallest absolute Gasteiger partial charge is 0.311 e.